The third-order valence-electron chi connectivity index (χ3n) is 2.01. The van der Waals surface area contributed by atoms with Gasteiger partial charge in [0.05, 0.1) is 19.1 Å². The lowest BCUT2D eigenvalue weighted by Gasteiger charge is -2.33. The zero-order chi connectivity index (χ0) is 12.3. The fourth-order valence-electron chi connectivity index (χ4n) is 1.49. The van der Waals surface area contributed by atoms with E-state index in [1.54, 1.807) is 6.92 Å². The molecule has 0 saturated heterocycles. The van der Waals surface area contributed by atoms with Crippen LogP contribution in [0.2, 0.25) is 0 Å². The second-order valence-corrected chi connectivity index (χ2v) is 4.88. The van der Waals surface area contributed by atoms with E-state index >= 15 is 0 Å². The van der Waals surface area contributed by atoms with Gasteiger partial charge in [0.25, 0.3) is 0 Å². The molecule has 92 valence electrons. The molecule has 0 saturated carbocycles. The summed E-state index contributed by atoms with van der Waals surface area (Å²) >= 11 is 0. The highest BCUT2D eigenvalue weighted by Gasteiger charge is 2.31. The van der Waals surface area contributed by atoms with Crippen molar-refractivity contribution in [1.82, 2.24) is 0 Å². The highest BCUT2D eigenvalue weighted by Crippen LogP contribution is 2.26. The summed E-state index contributed by atoms with van der Waals surface area (Å²) in [4.78, 5) is 0. The van der Waals surface area contributed by atoms with Crippen LogP contribution in [0.15, 0.2) is 0 Å². The Hall–Kier alpha value is -0.290. The number of hydrogen-bond donors (Lipinski definition) is 1. The van der Waals surface area contributed by atoms with Crippen molar-refractivity contribution in [2.45, 2.75) is 52.4 Å². The maximum Gasteiger partial charge on any atom is 0.391 e. The second kappa shape index (κ2) is 5.16. The highest BCUT2D eigenvalue weighted by molar-refractivity contribution is 4.81. The topological polar surface area (TPSA) is 35.2 Å². The van der Waals surface area contributed by atoms with Crippen LogP contribution < -0.4 is 5.73 Å². The van der Waals surface area contributed by atoms with Gasteiger partial charge in [0.1, 0.15) is 0 Å². The molecule has 0 aromatic carbocycles. The van der Waals surface area contributed by atoms with Gasteiger partial charge in [0, 0.05) is 6.04 Å². The zero-order valence-electron chi connectivity index (χ0n) is 9.69. The quantitative estimate of drug-likeness (QED) is 0.801. The molecular formula is C10H20F3NO. The van der Waals surface area contributed by atoms with Gasteiger partial charge < -0.3 is 10.5 Å². The first-order valence-electron chi connectivity index (χ1n) is 4.98. The summed E-state index contributed by atoms with van der Waals surface area (Å²) in [5.74, 6) is 0. The van der Waals surface area contributed by atoms with Crippen molar-refractivity contribution in [2.75, 3.05) is 6.61 Å². The van der Waals surface area contributed by atoms with Crippen LogP contribution >= 0.6 is 0 Å². The molecule has 2 nitrogen and oxygen atoms in total. The predicted octanol–water partition coefficient (Wildman–Crippen LogP) is 2.72. The summed E-state index contributed by atoms with van der Waals surface area (Å²) in [5.41, 5.74) is 5.42. The van der Waals surface area contributed by atoms with E-state index < -0.39 is 12.6 Å². The van der Waals surface area contributed by atoms with Crippen molar-refractivity contribution in [3.05, 3.63) is 0 Å². The Morgan fingerprint density at radius 1 is 1.20 bits per heavy atom. The van der Waals surface area contributed by atoms with E-state index in [1.807, 2.05) is 20.8 Å². The first kappa shape index (κ1) is 14.7. The minimum Gasteiger partial charge on any atom is -0.376 e. The first-order valence-corrected chi connectivity index (χ1v) is 4.98. The van der Waals surface area contributed by atoms with Crippen LogP contribution in [0.3, 0.4) is 0 Å². The van der Waals surface area contributed by atoms with Crippen LogP contribution in [0.5, 0.6) is 0 Å². The molecule has 2 atom stereocenters. The number of hydrogen-bond acceptors (Lipinski definition) is 2. The van der Waals surface area contributed by atoms with Crippen LogP contribution in [-0.2, 0) is 4.74 Å². The summed E-state index contributed by atoms with van der Waals surface area (Å²) in [5, 5.41) is 0. The molecule has 0 spiro atoms. The molecule has 2 unspecified atom stereocenters. The van der Waals surface area contributed by atoms with Crippen molar-refractivity contribution >= 4 is 0 Å². The second-order valence-electron chi connectivity index (χ2n) is 4.88. The average Bonchev–Trinajstić information content (AvgIpc) is 1.92. The molecule has 0 aromatic heterocycles. The Morgan fingerprint density at radius 2 is 1.67 bits per heavy atom. The molecule has 2 N–H and O–H groups in total. The number of alkyl halides is 3. The molecule has 0 radical (unpaired) electrons. The van der Waals surface area contributed by atoms with Crippen molar-refractivity contribution in [3.63, 3.8) is 0 Å². The zero-order valence-corrected chi connectivity index (χ0v) is 9.69. The van der Waals surface area contributed by atoms with Crippen LogP contribution in [0.1, 0.15) is 34.1 Å². The van der Waals surface area contributed by atoms with E-state index in [0.717, 1.165) is 0 Å². The Morgan fingerprint density at radius 3 is 1.93 bits per heavy atom. The molecule has 5 heteroatoms. The predicted molar refractivity (Wildman–Crippen MR) is 53.5 cm³/mol. The van der Waals surface area contributed by atoms with Crippen molar-refractivity contribution in [3.8, 4) is 0 Å². The SMILES string of the molecule is CC(N)C(OCCC(F)(F)F)C(C)(C)C. The van der Waals surface area contributed by atoms with E-state index in [1.165, 1.54) is 0 Å². The van der Waals surface area contributed by atoms with Gasteiger partial charge in [-0.3, -0.25) is 0 Å². The largest absolute Gasteiger partial charge is 0.391 e. The molecule has 0 aliphatic rings. The number of nitrogens with two attached hydrogens (primary N) is 1. The van der Waals surface area contributed by atoms with Crippen LogP contribution in [0, 0.1) is 5.41 Å². The minimum absolute atomic E-state index is 0.250. The van der Waals surface area contributed by atoms with E-state index in [4.69, 9.17) is 10.5 Å². The highest BCUT2D eigenvalue weighted by atomic mass is 19.4. The lowest BCUT2D eigenvalue weighted by molar-refractivity contribution is -0.155. The third kappa shape index (κ3) is 6.73. The van der Waals surface area contributed by atoms with Crippen LogP contribution in [0.25, 0.3) is 0 Å². The van der Waals surface area contributed by atoms with Crippen molar-refractivity contribution in [1.29, 1.82) is 0 Å². The van der Waals surface area contributed by atoms with Gasteiger partial charge in [-0.2, -0.15) is 13.2 Å². The molecule has 0 rings (SSSR count). The average molecular weight is 227 g/mol. The van der Waals surface area contributed by atoms with Crippen LogP contribution in [-0.4, -0.2) is 24.9 Å². The number of ether oxygens (including phenoxy) is 1. The van der Waals surface area contributed by atoms with E-state index in [2.05, 4.69) is 0 Å². The van der Waals surface area contributed by atoms with Gasteiger partial charge >= 0.3 is 6.18 Å². The molecule has 0 bridgehead atoms. The fraction of sp³-hybridized carbons (Fsp3) is 1.00. The number of halogens is 3. The van der Waals surface area contributed by atoms with Crippen molar-refractivity contribution in [2.24, 2.45) is 11.1 Å². The maximum atomic E-state index is 11.9. The summed E-state index contributed by atoms with van der Waals surface area (Å²) < 4.78 is 40.9. The lowest BCUT2D eigenvalue weighted by atomic mass is 9.85. The molecule has 0 heterocycles. The molecule has 0 amide bonds. The van der Waals surface area contributed by atoms with Gasteiger partial charge in [-0.05, 0) is 12.3 Å². The fourth-order valence-corrected chi connectivity index (χ4v) is 1.49. The Bertz CT molecular complexity index is 184. The van der Waals surface area contributed by atoms with E-state index in [-0.39, 0.29) is 24.2 Å². The lowest BCUT2D eigenvalue weighted by Crippen LogP contribution is -2.43. The molecular weight excluding hydrogens is 207 g/mol. The van der Waals surface area contributed by atoms with Gasteiger partial charge in [-0.1, -0.05) is 20.8 Å². The van der Waals surface area contributed by atoms with Gasteiger partial charge in [-0.25, -0.2) is 0 Å². The molecule has 0 aromatic rings. The van der Waals surface area contributed by atoms with Crippen molar-refractivity contribution < 1.29 is 17.9 Å². The standard InChI is InChI=1S/C10H20F3NO/c1-7(14)8(9(2,3)4)15-6-5-10(11,12)13/h7-8H,5-6,14H2,1-4H3. The maximum absolute atomic E-state index is 11.9. The Balaban J connectivity index is 4.11. The Labute approximate surface area is 89.0 Å². The normalized spacial score (nSPS) is 17.6. The van der Waals surface area contributed by atoms with Gasteiger partial charge in [0.15, 0.2) is 0 Å². The van der Waals surface area contributed by atoms with Crippen LogP contribution in [0.4, 0.5) is 13.2 Å². The van der Waals surface area contributed by atoms with Gasteiger partial charge in [0.2, 0.25) is 0 Å². The minimum atomic E-state index is -4.17. The summed E-state index contributed by atoms with van der Waals surface area (Å²) in [7, 11) is 0. The smallest absolute Gasteiger partial charge is 0.376 e. The molecule has 0 fully saturated rings. The first-order chi connectivity index (χ1) is 6.54. The Kier molecular flexibility index (Phi) is 5.06. The van der Waals surface area contributed by atoms with Gasteiger partial charge in [-0.15, -0.1) is 0 Å². The monoisotopic (exact) mass is 227 g/mol. The molecule has 0 aliphatic heterocycles. The molecule has 0 aliphatic carbocycles. The summed E-state index contributed by atoms with van der Waals surface area (Å²) in [6, 6.07) is -0.279. The van der Waals surface area contributed by atoms with E-state index in [9.17, 15) is 13.2 Å². The molecule has 15 heavy (non-hydrogen) atoms. The number of rotatable bonds is 4. The summed E-state index contributed by atoms with van der Waals surface area (Å²) in [6.07, 6.45) is -5.45. The summed E-state index contributed by atoms with van der Waals surface area (Å²) in [6.45, 7) is 7.11. The van der Waals surface area contributed by atoms with E-state index in [0.29, 0.717) is 0 Å². The third-order valence-corrected chi connectivity index (χ3v) is 2.01.